The molecule has 3 heteroatoms. The number of rotatable bonds is 2. The van der Waals surface area contributed by atoms with Gasteiger partial charge < -0.3 is 5.73 Å². The normalized spacial score (nSPS) is 19.4. The Kier molecular flexibility index (Phi) is 3.06. The summed E-state index contributed by atoms with van der Waals surface area (Å²) in [5.41, 5.74) is 6.97. The van der Waals surface area contributed by atoms with Crippen molar-refractivity contribution in [2.75, 3.05) is 0 Å². The predicted molar refractivity (Wildman–Crippen MR) is 60.7 cm³/mol. The van der Waals surface area contributed by atoms with Crippen LogP contribution in [0.25, 0.3) is 0 Å². The molecule has 0 radical (unpaired) electrons. The largest absolute Gasteiger partial charge is 0.321 e. The number of halogens is 1. The standard InChI is InChI=1S/C13H16FNO/c14-11-5-4-10(9-16)12(8-11)13(15)6-2-1-3-7-13/h4-5,8-9H,1-3,6-7,15H2. The Balaban J connectivity index is 2.44. The van der Waals surface area contributed by atoms with E-state index in [2.05, 4.69) is 0 Å². The number of hydrogen-bond acceptors (Lipinski definition) is 2. The second-order valence-electron chi connectivity index (χ2n) is 4.57. The van der Waals surface area contributed by atoms with E-state index in [1.807, 2.05) is 0 Å². The molecule has 1 saturated carbocycles. The third kappa shape index (κ3) is 2.00. The number of nitrogens with two attached hydrogens (primary N) is 1. The SMILES string of the molecule is NC1(c2cc(F)ccc2C=O)CCCCC1. The van der Waals surface area contributed by atoms with Crippen molar-refractivity contribution in [3.8, 4) is 0 Å². The Bertz CT molecular complexity index is 397. The fourth-order valence-electron chi connectivity index (χ4n) is 2.51. The van der Waals surface area contributed by atoms with E-state index in [-0.39, 0.29) is 5.82 Å². The van der Waals surface area contributed by atoms with E-state index >= 15 is 0 Å². The number of carbonyl (C=O) groups excluding carboxylic acids is 1. The lowest BCUT2D eigenvalue weighted by molar-refractivity contribution is 0.111. The Morgan fingerprint density at radius 2 is 1.94 bits per heavy atom. The van der Waals surface area contributed by atoms with Crippen LogP contribution in [-0.2, 0) is 5.54 Å². The van der Waals surface area contributed by atoms with Gasteiger partial charge in [-0.1, -0.05) is 19.3 Å². The minimum Gasteiger partial charge on any atom is -0.321 e. The predicted octanol–water partition coefficient (Wildman–Crippen LogP) is 2.76. The molecule has 1 fully saturated rings. The average Bonchev–Trinajstić information content (AvgIpc) is 2.30. The van der Waals surface area contributed by atoms with E-state index < -0.39 is 5.54 Å². The molecule has 0 amide bonds. The minimum atomic E-state index is -0.517. The lowest BCUT2D eigenvalue weighted by Gasteiger charge is -2.34. The molecule has 0 saturated heterocycles. The van der Waals surface area contributed by atoms with Crippen LogP contribution in [0.1, 0.15) is 48.0 Å². The van der Waals surface area contributed by atoms with Gasteiger partial charge in [0.1, 0.15) is 12.1 Å². The van der Waals surface area contributed by atoms with Crippen molar-refractivity contribution in [1.82, 2.24) is 0 Å². The van der Waals surface area contributed by atoms with Crippen LogP contribution in [0.5, 0.6) is 0 Å². The van der Waals surface area contributed by atoms with Gasteiger partial charge in [0.15, 0.2) is 0 Å². The van der Waals surface area contributed by atoms with Crippen molar-refractivity contribution in [1.29, 1.82) is 0 Å². The van der Waals surface area contributed by atoms with Crippen LogP contribution in [0, 0.1) is 5.82 Å². The third-order valence-electron chi connectivity index (χ3n) is 3.42. The maximum atomic E-state index is 13.2. The zero-order valence-corrected chi connectivity index (χ0v) is 9.21. The molecule has 86 valence electrons. The summed E-state index contributed by atoms with van der Waals surface area (Å²) in [6, 6.07) is 4.23. The van der Waals surface area contributed by atoms with Gasteiger partial charge in [-0.25, -0.2) is 4.39 Å². The molecule has 1 aromatic rings. The Hall–Kier alpha value is -1.22. The Morgan fingerprint density at radius 3 is 2.56 bits per heavy atom. The number of hydrogen-bond donors (Lipinski definition) is 1. The van der Waals surface area contributed by atoms with Crippen molar-refractivity contribution in [3.05, 3.63) is 35.1 Å². The Morgan fingerprint density at radius 1 is 1.25 bits per heavy atom. The summed E-state index contributed by atoms with van der Waals surface area (Å²) in [5, 5.41) is 0. The summed E-state index contributed by atoms with van der Waals surface area (Å²) in [7, 11) is 0. The van der Waals surface area contributed by atoms with Gasteiger partial charge in [0.25, 0.3) is 0 Å². The van der Waals surface area contributed by atoms with Gasteiger partial charge >= 0.3 is 0 Å². The van der Waals surface area contributed by atoms with E-state index in [0.717, 1.165) is 32.0 Å². The molecule has 16 heavy (non-hydrogen) atoms. The fourth-order valence-corrected chi connectivity index (χ4v) is 2.51. The average molecular weight is 221 g/mol. The van der Waals surface area contributed by atoms with Gasteiger partial charge in [0, 0.05) is 11.1 Å². The topological polar surface area (TPSA) is 43.1 Å². The van der Waals surface area contributed by atoms with Gasteiger partial charge in [-0.3, -0.25) is 4.79 Å². The zero-order valence-electron chi connectivity index (χ0n) is 9.21. The van der Waals surface area contributed by atoms with Crippen molar-refractivity contribution in [2.45, 2.75) is 37.6 Å². The lowest BCUT2D eigenvalue weighted by Crippen LogP contribution is -2.39. The van der Waals surface area contributed by atoms with Crippen LogP contribution in [0.3, 0.4) is 0 Å². The van der Waals surface area contributed by atoms with E-state index in [9.17, 15) is 9.18 Å². The summed E-state index contributed by atoms with van der Waals surface area (Å²) in [6.45, 7) is 0. The summed E-state index contributed by atoms with van der Waals surface area (Å²) in [6.07, 6.45) is 5.69. The maximum absolute atomic E-state index is 13.2. The monoisotopic (exact) mass is 221 g/mol. The first-order valence-corrected chi connectivity index (χ1v) is 5.70. The molecule has 1 aromatic carbocycles. The molecular formula is C13H16FNO. The minimum absolute atomic E-state index is 0.323. The van der Waals surface area contributed by atoms with Gasteiger partial charge in [0.05, 0.1) is 0 Å². The molecule has 0 aliphatic heterocycles. The molecule has 2 rings (SSSR count). The molecule has 1 aliphatic carbocycles. The van der Waals surface area contributed by atoms with Crippen molar-refractivity contribution >= 4 is 6.29 Å². The highest BCUT2D eigenvalue weighted by Gasteiger charge is 2.31. The lowest BCUT2D eigenvalue weighted by atomic mass is 9.76. The van der Waals surface area contributed by atoms with Crippen LogP contribution in [-0.4, -0.2) is 6.29 Å². The molecule has 1 aliphatic rings. The van der Waals surface area contributed by atoms with Crippen LogP contribution in [0.4, 0.5) is 4.39 Å². The van der Waals surface area contributed by atoms with Crippen LogP contribution in [0.2, 0.25) is 0 Å². The van der Waals surface area contributed by atoms with Crippen molar-refractivity contribution in [2.24, 2.45) is 5.73 Å². The second-order valence-corrected chi connectivity index (χ2v) is 4.57. The highest BCUT2D eigenvalue weighted by atomic mass is 19.1. The first kappa shape index (κ1) is 11.3. The van der Waals surface area contributed by atoms with Gasteiger partial charge in [0.2, 0.25) is 0 Å². The maximum Gasteiger partial charge on any atom is 0.150 e. The van der Waals surface area contributed by atoms with Gasteiger partial charge in [-0.2, -0.15) is 0 Å². The number of carbonyl (C=O) groups is 1. The van der Waals surface area contributed by atoms with E-state index in [0.29, 0.717) is 11.1 Å². The molecule has 0 unspecified atom stereocenters. The third-order valence-corrected chi connectivity index (χ3v) is 3.42. The number of benzene rings is 1. The highest BCUT2D eigenvalue weighted by Crippen LogP contribution is 2.36. The molecule has 2 N–H and O–H groups in total. The first-order chi connectivity index (χ1) is 7.65. The fraction of sp³-hybridized carbons (Fsp3) is 0.462. The second kappa shape index (κ2) is 4.34. The van der Waals surface area contributed by atoms with Crippen LogP contribution >= 0.6 is 0 Å². The summed E-state index contributed by atoms with van der Waals surface area (Å²) in [5.74, 6) is -0.323. The summed E-state index contributed by atoms with van der Waals surface area (Å²) in [4.78, 5) is 10.9. The van der Waals surface area contributed by atoms with Gasteiger partial charge in [-0.05, 0) is 36.6 Å². The summed E-state index contributed by atoms with van der Waals surface area (Å²) >= 11 is 0. The van der Waals surface area contributed by atoms with Crippen LogP contribution in [0.15, 0.2) is 18.2 Å². The Labute approximate surface area is 94.6 Å². The summed E-state index contributed by atoms with van der Waals surface area (Å²) < 4.78 is 13.2. The van der Waals surface area contributed by atoms with E-state index in [1.165, 1.54) is 24.6 Å². The van der Waals surface area contributed by atoms with Crippen LogP contribution < -0.4 is 5.73 Å². The first-order valence-electron chi connectivity index (χ1n) is 5.70. The molecule has 0 bridgehead atoms. The molecule has 0 heterocycles. The number of aldehydes is 1. The molecule has 0 aromatic heterocycles. The van der Waals surface area contributed by atoms with E-state index in [4.69, 9.17) is 5.73 Å². The van der Waals surface area contributed by atoms with Crippen molar-refractivity contribution < 1.29 is 9.18 Å². The zero-order chi connectivity index (χ0) is 11.6. The highest BCUT2D eigenvalue weighted by molar-refractivity contribution is 5.78. The van der Waals surface area contributed by atoms with Crippen molar-refractivity contribution in [3.63, 3.8) is 0 Å². The van der Waals surface area contributed by atoms with E-state index in [1.54, 1.807) is 0 Å². The molecule has 0 atom stereocenters. The molecule has 0 spiro atoms. The smallest absolute Gasteiger partial charge is 0.150 e. The molecule has 2 nitrogen and oxygen atoms in total. The quantitative estimate of drug-likeness (QED) is 0.780. The van der Waals surface area contributed by atoms with Gasteiger partial charge in [-0.15, -0.1) is 0 Å². The molecular weight excluding hydrogens is 205 g/mol.